The van der Waals surface area contributed by atoms with Crippen LogP contribution in [-0.4, -0.2) is 66.4 Å². The van der Waals surface area contributed by atoms with Crippen LogP contribution < -0.4 is 9.64 Å². The molecule has 0 saturated carbocycles. The van der Waals surface area contributed by atoms with Crippen molar-refractivity contribution in [2.45, 2.75) is 19.4 Å². The van der Waals surface area contributed by atoms with Crippen LogP contribution in [0.2, 0.25) is 0 Å². The van der Waals surface area contributed by atoms with Gasteiger partial charge in [0.2, 0.25) is 11.8 Å². The highest BCUT2D eigenvalue weighted by Gasteiger charge is 2.44. The lowest BCUT2D eigenvalue weighted by molar-refractivity contribution is -0.131. The number of ether oxygens (including phenoxy) is 1. The van der Waals surface area contributed by atoms with Gasteiger partial charge in [-0.2, -0.15) is 0 Å². The van der Waals surface area contributed by atoms with Crippen molar-refractivity contribution >= 4 is 17.5 Å². The summed E-state index contributed by atoms with van der Waals surface area (Å²) in [5, 5.41) is 0. The van der Waals surface area contributed by atoms with E-state index in [1.54, 1.807) is 11.9 Å². The Morgan fingerprint density at radius 2 is 1.76 bits per heavy atom. The molecule has 2 amide bonds. The molecule has 0 unspecified atom stereocenters. The fourth-order valence-corrected chi connectivity index (χ4v) is 5.94. The zero-order valence-corrected chi connectivity index (χ0v) is 21.7. The summed E-state index contributed by atoms with van der Waals surface area (Å²) in [6.07, 6.45) is 3.55. The highest BCUT2D eigenvalue weighted by atomic mass is 16.5. The number of likely N-dealkylation sites (tertiary alicyclic amines) is 2. The molecule has 4 heterocycles. The summed E-state index contributed by atoms with van der Waals surface area (Å²) in [5.74, 6) is 0.448. The van der Waals surface area contributed by atoms with E-state index in [4.69, 9.17) is 9.72 Å². The smallest absolute Gasteiger partial charge is 0.264 e. The van der Waals surface area contributed by atoms with Gasteiger partial charge in [-0.05, 0) is 41.5 Å². The van der Waals surface area contributed by atoms with E-state index in [-0.39, 0.29) is 18.4 Å². The number of carbonyl (C=O) groups is 2. The van der Waals surface area contributed by atoms with Gasteiger partial charge in [0.15, 0.2) is 6.61 Å². The number of anilines is 1. The van der Waals surface area contributed by atoms with Gasteiger partial charge in [-0.25, -0.2) is 4.98 Å². The van der Waals surface area contributed by atoms with Gasteiger partial charge in [0.1, 0.15) is 5.69 Å². The molecule has 3 aliphatic heterocycles. The van der Waals surface area contributed by atoms with Crippen molar-refractivity contribution in [2.24, 2.45) is 5.41 Å². The molecule has 2 saturated heterocycles. The largest absolute Gasteiger partial charge is 0.466 e. The van der Waals surface area contributed by atoms with Gasteiger partial charge in [-0.3, -0.25) is 14.5 Å². The Balaban J connectivity index is 1.18. The zero-order valence-electron chi connectivity index (χ0n) is 21.7. The third-order valence-corrected chi connectivity index (χ3v) is 8.18. The molecule has 2 aromatic carbocycles. The van der Waals surface area contributed by atoms with Crippen LogP contribution in [0.15, 0.2) is 73.3 Å². The minimum Gasteiger partial charge on any atom is -0.466 e. The maximum Gasteiger partial charge on any atom is 0.264 e. The lowest BCUT2D eigenvalue weighted by atomic mass is 9.72. The molecule has 6 rings (SSSR count). The second-order valence-corrected chi connectivity index (χ2v) is 10.7. The first kappa shape index (κ1) is 24.4. The highest BCUT2D eigenvalue weighted by molar-refractivity contribution is 5.98. The number of rotatable bonds is 5. The average Bonchev–Trinajstić information content (AvgIpc) is 2.94. The van der Waals surface area contributed by atoms with Crippen molar-refractivity contribution in [1.82, 2.24) is 14.8 Å². The van der Waals surface area contributed by atoms with Crippen LogP contribution in [0.4, 0.5) is 5.69 Å². The van der Waals surface area contributed by atoms with Gasteiger partial charge in [-0.1, -0.05) is 61.2 Å². The summed E-state index contributed by atoms with van der Waals surface area (Å²) < 4.78 is 5.70. The molecular weight excluding hydrogens is 476 g/mol. The van der Waals surface area contributed by atoms with Crippen molar-refractivity contribution in [2.75, 3.05) is 44.7 Å². The summed E-state index contributed by atoms with van der Waals surface area (Å²) in [5.41, 5.74) is 6.17. The maximum absolute atomic E-state index is 12.2. The number of benzene rings is 2. The highest BCUT2D eigenvalue weighted by Crippen LogP contribution is 2.42. The molecule has 3 aromatic rings. The molecule has 0 radical (unpaired) electrons. The topological polar surface area (TPSA) is 66.0 Å². The Kier molecular flexibility index (Phi) is 6.24. The van der Waals surface area contributed by atoms with Crippen LogP contribution in [0, 0.1) is 5.41 Å². The molecule has 1 aromatic heterocycles. The fourth-order valence-electron chi connectivity index (χ4n) is 5.94. The monoisotopic (exact) mass is 508 g/mol. The van der Waals surface area contributed by atoms with Crippen LogP contribution in [0.25, 0.3) is 22.4 Å². The summed E-state index contributed by atoms with van der Waals surface area (Å²) in [7, 11) is 1.76. The summed E-state index contributed by atoms with van der Waals surface area (Å²) in [6.45, 7) is 8.35. The van der Waals surface area contributed by atoms with Crippen LogP contribution in [-0.2, 0) is 16.1 Å². The van der Waals surface area contributed by atoms with Gasteiger partial charge < -0.3 is 14.5 Å². The number of hydrogen-bond donors (Lipinski definition) is 0. The van der Waals surface area contributed by atoms with Crippen LogP contribution in [0.5, 0.6) is 5.88 Å². The second kappa shape index (κ2) is 9.72. The third kappa shape index (κ3) is 4.47. The van der Waals surface area contributed by atoms with Crippen LogP contribution in [0.3, 0.4) is 0 Å². The Hall–Kier alpha value is -3.97. The second-order valence-electron chi connectivity index (χ2n) is 10.7. The molecule has 7 nitrogen and oxygen atoms in total. The van der Waals surface area contributed by atoms with Gasteiger partial charge in [0.25, 0.3) is 5.91 Å². The Labute approximate surface area is 223 Å². The van der Waals surface area contributed by atoms with E-state index >= 15 is 0 Å². The van der Waals surface area contributed by atoms with E-state index in [1.807, 2.05) is 29.2 Å². The van der Waals surface area contributed by atoms with Crippen LogP contribution in [0.1, 0.15) is 18.4 Å². The normalized spacial score (nSPS) is 18.5. The molecule has 0 N–H and O–H groups in total. The Morgan fingerprint density at radius 3 is 2.45 bits per heavy atom. The molecule has 0 aliphatic carbocycles. The van der Waals surface area contributed by atoms with Gasteiger partial charge in [0.05, 0.1) is 5.69 Å². The molecule has 0 atom stereocenters. The first-order chi connectivity index (χ1) is 18.4. The van der Waals surface area contributed by atoms with E-state index in [1.165, 1.54) is 11.6 Å². The van der Waals surface area contributed by atoms with Gasteiger partial charge in [-0.15, -0.1) is 0 Å². The number of carbonyl (C=O) groups excluding carboxylic acids is 2. The molecule has 7 heteroatoms. The lowest BCUT2D eigenvalue weighted by Crippen LogP contribution is -2.60. The summed E-state index contributed by atoms with van der Waals surface area (Å²) in [4.78, 5) is 35.0. The van der Waals surface area contributed by atoms with Crippen LogP contribution >= 0.6 is 0 Å². The Bertz CT molecular complexity index is 1370. The third-order valence-electron chi connectivity index (χ3n) is 8.18. The van der Waals surface area contributed by atoms with Gasteiger partial charge in [0, 0.05) is 50.9 Å². The molecule has 3 aliphatic rings. The van der Waals surface area contributed by atoms with E-state index in [0.29, 0.717) is 17.0 Å². The van der Waals surface area contributed by atoms with Crippen molar-refractivity contribution in [3.8, 4) is 28.3 Å². The number of likely N-dealkylation sites (N-methyl/N-ethyl adjacent to an activating group) is 1. The maximum atomic E-state index is 12.2. The van der Waals surface area contributed by atoms with Crippen molar-refractivity contribution < 1.29 is 14.3 Å². The number of amides is 2. The van der Waals surface area contributed by atoms with Crippen molar-refractivity contribution in [3.63, 3.8) is 0 Å². The molecule has 194 valence electrons. The predicted octanol–water partition coefficient (Wildman–Crippen LogP) is 4.38. The molecule has 38 heavy (non-hydrogen) atoms. The standard InChI is InChI=1S/C31H32N4O3/c1-3-27(36)35-15-13-31(14-16-35)20-34(21-31)18-22-9-11-24(12-10-22)29-25(23-7-5-4-6-8-23)17-26-30(32-29)38-19-28(37)33(26)2/h3-12,17H,1,13-16,18-21H2,2H3. The summed E-state index contributed by atoms with van der Waals surface area (Å²) in [6, 6.07) is 20.7. The number of fused-ring (bicyclic) bond motifs is 1. The molecule has 2 fully saturated rings. The minimum absolute atomic E-state index is 0.000514. The van der Waals surface area contributed by atoms with E-state index in [9.17, 15) is 9.59 Å². The SMILES string of the molecule is C=CC(=O)N1CCC2(CC1)CN(Cc1ccc(-c3nc4c(cc3-c3ccccc3)N(C)C(=O)CO4)cc1)C2. The van der Waals surface area contributed by atoms with E-state index in [0.717, 1.165) is 67.9 Å². The number of aromatic nitrogens is 1. The van der Waals surface area contributed by atoms with E-state index < -0.39 is 0 Å². The number of pyridine rings is 1. The molecule has 1 spiro atoms. The first-order valence-corrected chi connectivity index (χ1v) is 13.2. The van der Waals surface area contributed by atoms with Crippen molar-refractivity contribution in [3.05, 3.63) is 78.9 Å². The first-order valence-electron chi connectivity index (χ1n) is 13.2. The molecule has 0 bridgehead atoms. The predicted molar refractivity (Wildman–Crippen MR) is 148 cm³/mol. The molecular formula is C31H32N4O3. The van der Waals surface area contributed by atoms with Gasteiger partial charge >= 0.3 is 0 Å². The lowest BCUT2D eigenvalue weighted by Gasteiger charge is -2.54. The van der Waals surface area contributed by atoms with E-state index in [2.05, 4.69) is 47.9 Å². The number of hydrogen-bond acceptors (Lipinski definition) is 5. The quantitative estimate of drug-likeness (QED) is 0.479. The zero-order chi connectivity index (χ0) is 26.3. The minimum atomic E-state index is -0.0843. The summed E-state index contributed by atoms with van der Waals surface area (Å²) >= 11 is 0. The fraction of sp³-hybridized carbons (Fsp3) is 0.323. The number of nitrogens with zero attached hydrogens (tertiary/aromatic N) is 4. The number of piperidine rings is 1. The average molecular weight is 509 g/mol. The Morgan fingerprint density at radius 1 is 1.05 bits per heavy atom. The van der Waals surface area contributed by atoms with Crippen molar-refractivity contribution in [1.29, 1.82) is 0 Å².